The molecule has 0 unspecified atom stereocenters. The van der Waals surface area contributed by atoms with E-state index >= 15 is 0 Å². The van der Waals surface area contributed by atoms with Gasteiger partial charge in [-0.15, -0.1) is 0 Å². The highest BCUT2D eigenvalue weighted by atomic mass is 14.9. The number of aromatic nitrogens is 8. The van der Waals surface area contributed by atoms with Crippen LogP contribution in [-0.2, 0) is 28.2 Å². The molecule has 0 bridgehead atoms. The van der Waals surface area contributed by atoms with Crippen molar-refractivity contribution in [2.75, 3.05) is 0 Å². The molecular formula is C99H98N8+4. The minimum atomic E-state index is 0.487. The number of pyridine rings is 8. The molecule has 0 aliphatic heterocycles. The lowest BCUT2D eigenvalue weighted by atomic mass is 9.85. The van der Waals surface area contributed by atoms with Crippen LogP contribution in [0.4, 0.5) is 0 Å². The molecule has 8 heteroatoms. The summed E-state index contributed by atoms with van der Waals surface area (Å²) in [7, 11) is 8.34. The van der Waals surface area contributed by atoms with E-state index in [0.717, 1.165) is 22.5 Å². The van der Waals surface area contributed by atoms with Crippen LogP contribution in [-0.4, -0.2) is 19.9 Å². The van der Waals surface area contributed by atoms with E-state index in [9.17, 15) is 0 Å². The first kappa shape index (κ1) is 74.5. The maximum Gasteiger partial charge on any atom is 0.214 e. The lowest BCUT2D eigenvalue weighted by Crippen LogP contribution is -2.30. The normalized spacial score (nSPS) is 10.9. The molecule has 8 aromatic heterocycles. The molecule has 8 heterocycles. The van der Waals surface area contributed by atoms with Gasteiger partial charge in [0.2, 0.25) is 22.8 Å². The lowest BCUT2D eigenvalue weighted by Gasteiger charge is -2.20. The van der Waals surface area contributed by atoms with Gasteiger partial charge in [0.15, 0.2) is 24.8 Å². The summed E-state index contributed by atoms with van der Waals surface area (Å²) in [5.74, 6) is 0.975. The van der Waals surface area contributed by atoms with E-state index < -0.39 is 0 Å². The van der Waals surface area contributed by atoms with Gasteiger partial charge in [-0.05, 0) is 207 Å². The Labute approximate surface area is 634 Å². The summed E-state index contributed by atoms with van der Waals surface area (Å²) in [6.07, 6.45) is 21.9. The van der Waals surface area contributed by atoms with Crippen LogP contribution in [0.5, 0.6) is 0 Å². The lowest BCUT2D eigenvalue weighted by molar-refractivity contribution is -0.660. The van der Waals surface area contributed by atoms with Crippen LogP contribution in [0.25, 0.3) is 123 Å². The number of hydrogen-bond donors (Lipinski definition) is 0. The van der Waals surface area contributed by atoms with Crippen molar-refractivity contribution in [3.63, 3.8) is 0 Å². The number of benzene rings is 7. The van der Waals surface area contributed by atoms with Gasteiger partial charge in [0.05, 0.1) is 27.9 Å². The Hall–Kier alpha value is -12.3. The van der Waals surface area contributed by atoms with E-state index in [0.29, 0.717) is 11.8 Å². The van der Waals surface area contributed by atoms with Gasteiger partial charge >= 0.3 is 0 Å². The summed E-state index contributed by atoms with van der Waals surface area (Å²) in [6.45, 7) is 24.2. The largest absolute Gasteiger partial charge is 0.264 e. The molecule has 530 valence electrons. The number of rotatable bonds is 13. The minimum Gasteiger partial charge on any atom is -0.264 e. The Bertz CT molecular complexity index is 5500. The summed E-state index contributed by atoms with van der Waals surface area (Å²) < 4.78 is 8.63. The maximum absolute atomic E-state index is 4.86. The smallest absolute Gasteiger partial charge is 0.214 e. The van der Waals surface area contributed by atoms with Gasteiger partial charge < -0.3 is 0 Å². The molecule has 0 saturated heterocycles. The molecule has 15 rings (SSSR count). The predicted octanol–water partition coefficient (Wildman–Crippen LogP) is 22.4. The van der Waals surface area contributed by atoms with E-state index in [-0.39, 0.29) is 0 Å². The highest BCUT2D eigenvalue weighted by molar-refractivity contribution is 5.95. The average Bonchev–Trinajstić information content (AvgIpc) is 0.780. The topological polar surface area (TPSA) is 67.1 Å². The third-order valence-electron chi connectivity index (χ3n) is 20.4. The molecule has 0 fully saturated rings. The molecule has 7 aromatic carbocycles. The van der Waals surface area contributed by atoms with Crippen LogP contribution in [0.2, 0.25) is 0 Å². The van der Waals surface area contributed by atoms with Crippen molar-refractivity contribution in [3.05, 3.63) is 361 Å². The van der Waals surface area contributed by atoms with Crippen molar-refractivity contribution in [2.45, 2.75) is 88.0 Å². The first-order valence-electron chi connectivity index (χ1n) is 37.1. The van der Waals surface area contributed by atoms with Crippen LogP contribution in [0.15, 0.2) is 311 Å². The Morgan fingerprint density at radius 1 is 0.243 bits per heavy atom. The molecule has 8 nitrogen and oxygen atoms in total. The van der Waals surface area contributed by atoms with E-state index in [1.165, 1.54) is 151 Å². The third kappa shape index (κ3) is 17.0. The zero-order valence-electron chi connectivity index (χ0n) is 64.7. The van der Waals surface area contributed by atoms with Crippen LogP contribution in [0, 0.1) is 48.5 Å². The highest BCUT2D eigenvalue weighted by Gasteiger charge is 2.24. The fourth-order valence-corrected chi connectivity index (χ4v) is 14.5. The summed E-state index contributed by atoms with van der Waals surface area (Å²) in [5, 5.41) is 0. The molecular weight excluding hydrogens is 1300 g/mol. The summed E-state index contributed by atoms with van der Waals surface area (Å²) in [4.78, 5) is 17.9. The number of aryl methyl sites for hydroxylation is 11. The molecule has 0 radical (unpaired) electrons. The molecule has 0 N–H and O–H groups in total. The van der Waals surface area contributed by atoms with Gasteiger partial charge in [0, 0.05) is 97.5 Å². The maximum atomic E-state index is 4.86. The second-order valence-corrected chi connectivity index (χ2v) is 28.6. The molecule has 0 amide bonds. The number of hydrogen-bond acceptors (Lipinski definition) is 4. The van der Waals surface area contributed by atoms with Gasteiger partial charge in [-0.3, -0.25) is 19.9 Å². The van der Waals surface area contributed by atoms with Crippen molar-refractivity contribution in [1.82, 2.24) is 19.9 Å². The second-order valence-electron chi connectivity index (χ2n) is 28.6. The van der Waals surface area contributed by atoms with Crippen LogP contribution < -0.4 is 18.3 Å². The highest BCUT2D eigenvalue weighted by Crippen LogP contribution is 2.43. The van der Waals surface area contributed by atoms with E-state index in [1.807, 2.05) is 49.4 Å². The summed E-state index contributed by atoms with van der Waals surface area (Å²) >= 11 is 0. The monoisotopic (exact) mass is 1400 g/mol. The van der Waals surface area contributed by atoms with Crippen LogP contribution >= 0.6 is 0 Å². The standard InChI is InChI=1S/C30H25N2.C25H23N2.C24H29N2.C20H21N2/c1-22-16-18-31-21-28(22)29-20-25(17-19-32(29)2)30-26(23-10-5-3-6-11-23)14-9-15-27(30)24-12-7-4-8-13-24;1-18-10-9-13-21(20-11-5-4-6-12-20)25(18)23-16-19(2)22(17-26-23)24-14-7-8-15-27(24)3;1-16(2)20-8-7-9-21(17(3)4)24(20)19-11-13-26(6)23(14-19)22-15-25-12-10-18(22)5;1-14-8-10-21-13-18(14)19-12-17(9-11-22(19)4)20-15(2)6-5-7-16(20)3/h3-21H,1-2H3;4-17H,1-3H3;7-17H,1-6H3;5-13H,1-4H3/q4*+1. The zero-order chi connectivity index (χ0) is 75.3. The van der Waals surface area contributed by atoms with Crippen molar-refractivity contribution in [3.8, 4) is 123 Å². The van der Waals surface area contributed by atoms with E-state index in [1.54, 1.807) is 0 Å². The molecule has 0 atom stereocenters. The zero-order valence-corrected chi connectivity index (χ0v) is 64.7. The molecule has 0 spiro atoms. The molecule has 15 aromatic rings. The average molecular weight is 1400 g/mol. The third-order valence-corrected chi connectivity index (χ3v) is 20.4. The Morgan fingerprint density at radius 2 is 0.589 bits per heavy atom. The van der Waals surface area contributed by atoms with Gasteiger partial charge in [-0.1, -0.05) is 191 Å². The van der Waals surface area contributed by atoms with E-state index in [2.05, 4.69) is 399 Å². The first-order valence-corrected chi connectivity index (χ1v) is 37.1. The molecule has 0 aliphatic rings. The molecule has 0 aliphatic carbocycles. The summed E-state index contributed by atoms with van der Waals surface area (Å²) in [6, 6.07) is 86.2. The van der Waals surface area contributed by atoms with Gasteiger partial charge in [-0.25, -0.2) is 18.3 Å². The summed E-state index contributed by atoms with van der Waals surface area (Å²) in [5.41, 5.74) is 38.2. The van der Waals surface area contributed by atoms with Crippen molar-refractivity contribution < 1.29 is 18.3 Å². The Kier molecular flexibility index (Phi) is 23.7. The molecule has 0 saturated carbocycles. The van der Waals surface area contributed by atoms with Crippen molar-refractivity contribution in [2.24, 2.45) is 28.2 Å². The second kappa shape index (κ2) is 34.1. The number of nitrogens with zero attached hydrogens (tertiary/aromatic N) is 8. The molecule has 107 heavy (non-hydrogen) atoms. The first-order chi connectivity index (χ1) is 51.8. The van der Waals surface area contributed by atoms with Crippen LogP contribution in [0.1, 0.15) is 89.6 Å². The minimum absolute atomic E-state index is 0.487. The fourth-order valence-electron chi connectivity index (χ4n) is 14.5. The van der Waals surface area contributed by atoms with Gasteiger partial charge in [0.1, 0.15) is 28.2 Å². The van der Waals surface area contributed by atoms with Crippen LogP contribution in [0.3, 0.4) is 0 Å². The Balaban J connectivity index is 0.000000135. The van der Waals surface area contributed by atoms with E-state index in [4.69, 9.17) is 4.98 Å². The Morgan fingerprint density at radius 3 is 0.991 bits per heavy atom. The van der Waals surface area contributed by atoms with Crippen molar-refractivity contribution >= 4 is 0 Å². The quantitative estimate of drug-likeness (QED) is 0.108. The van der Waals surface area contributed by atoms with Crippen molar-refractivity contribution in [1.29, 1.82) is 0 Å². The predicted molar refractivity (Wildman–Crippen MR) is 443 cm³/mol. The van der Waals surface area contributed by atoms with Gasteiger partial charge in [-0.2, -0.15) is 0 Å². The van der Waals surface area contributed by atoms with Gasteiger partial charge in [0.25, 0.3) is 0 Å². The fraction of sp³-hybridized carbons (Fsp3) is 0.172. The SMILES string of the molecule is Cc1cc(-c2c(C)cccc2-c2ccccc2)ncc1-c1cccc[n+]1C.Cc1ccncc1-c1cc(-c2c(-c3ccccc3)cccc2-c2ccccc2)cc[n+]1C.Cc1ccncc1-c1cc(-c2c(C(C)C)cccc2C(C)C)cc[n+]1C.Cc1ccncc1-c1cc(-c2c(C)cccc2C)cc[n+]1C.